The van der Waals surface area contributed by atoms with Crippen LogP contribution in [-0.4, -0.2) is 14.2 Å². The normalized spacial score (nSPS) is 17.9. The Morgan fingerprint density at radius 1 is 1.44 bits per heavy atom. The molecule has 1 saturated carbocycles. The summed E-state index contributed by atoms with van der Waals surface area (Å²) in [5.74, 6) is 0.715. The van der Waals surface area contributed by atoms with E-state index in [0.717, 1.165) is 5.56 Å². The molecule has 0 amide bonds. The van der Waals surface area contributed by atoms with Crippen molar-refractivity contribution in [2.75, 3.05) is 14.2 Å². The van der Waals surface area contributed by atoms with E-state index in [1.165, 1.54) is 32.4 Å². The van der Waals surface area contributed by atoms with Crippen molar-refractivity contribution in [2.24, 2.45) is 5.92 Å². The largest absolute Gasteiger partial charge is 0.494 e. The van der Waals surface area contributed by atoms with E-state index in [-0.39, 0.29) is 5.82 Å². The summed E-state index contributed by atoms with van der Waals surface area (Å²) in [6.07, 6.45) is 3.82. The van der Waals surface area contributed by atoms with Gasteiger partial charge >= 0.3 is 0 Å². The molecule has 1 aromatic carbocycles. The Bertz CT molecular complexity index is 363. The quantitative estimate of drug-likeness (QED) is 0.847. The highest BCUT2D eigenvalue weighted by Crippen LogP contribution is 2.38. The monoisotopic (exact) mass is 223 g/mol. The third kappa shape index (κ3) is 2.05. The van der Waals surface area contributed by atoms with Crippen molar-refractivity contribution in [1.82, 2.24) is 5.32 Å². The summed E-state index contributed by atoms with van der Waals surface area (Å²) < 4.78 is 18.3. The molecule has 2 nitrogen and oxygen atoms in total. The highest BCUT2D eigenvalue weighted by Gasteiger charge is 2.27. The number of hydrogen-bond acceptors (Lipinski definition) is 2. The third-order valence-electron chi connectivity index (χ3n) is 3.47. The maximum atomic E-state index is 13.3. The van der Waals surface area contributed by atoms with E-state index >= 15 is 0 Å². The third-order valence-corrected chi connectivity index (χ3v) is 3.47. The molecule has 1 aromatic rings. The van der Waals surface area contributed by atoms with Crippen molar-refractivity contribution < 1.29 is 9.13 Å². The van der Waals surface area contributed by atoms with Gasteiger partial charge in [0.2, 0.25) is 0 Å². The summed E-state index contributed by atoms with van der Waals surface area (Å²) in [7, 11) is 3.46. The first-order valence-electron chi connectivity index (χ1n) is 5.77. The van der Waals surface area contributed by atoms with Crippen molar-refractivity contribution in [3.63, 3.8) is 0 Å². The molecule has 0 aromatic heterocycles. The van der Waals surface area contributed by atoms with Crippen molar-refractivity contribution in [2.45, 2.75) is 25.3 Å². The molecule has 1 fully saturated rings. The first kappa shape index (κ1) is 11.4. The molecule has 1 atom stereocenters. The van der Waals surface area contributed by atoms with Crippen LogP contribution in [0.4, 0.5) is 4.39 Å². The summed E-state index contributed by atoms with van der Waals surface area (Å²) in [6.45, 7) is 0. The van der Waals surface area contributed by atoms with E-state index in [4.69, 9.17) is 4.74 Å². The molecule has 1 aliphatic carbocycles. The van der Waals surface area contributed by atoms with Gasteiger partial charge in [0.25, 0.3) is 0 Å². The Hall–Kier alpha value is -1.09. The molecule has 0 heterocycles. The second kappa shape index (κ2) is 4.83. The van der Waals surface area contributed by atoms with Gasteiger partial charge in [0.05, 0.1) is 7.11 Å². The van der Waals surface area contributed by atoms with Crippen LogP contribution in [0.1, 0.15) is 30.9 Å². The second-order valence-corrected chi connectivity index (χ2v) is 4.35. The Kier molecular flexibility index (Phi) is 3.44. The van der Waals surface area contributed by atoms with Gasteiger partial charge in [-0.1, -0.05) is 12.5 Å². The minimum absolute atomic E-state index is 0.297. The minimum Gasteiger partial charge on any atom is -0.494 e. The van der Waals surface area contributed by atoms with Gasteiger partial charge in [-0.15, -0.1) is 0 Å². The second-order valence-electron chi connectivity index (χ2n) is 4.35. The van der Waals surface area contributed by atoms with E-state index in [1.807, 2.05) is 13.1 Å². The maximum absolute atomic E-state index is 13.3. The molecule has 1 unspecified atom stereocenters. The molecular weight excluding hydrogens is 205 g/mol. The van der Waals surface area contributed by atoms with Gasteiger partial charge in [-0.3, -0.25) is 0 Å². The summed E-state index contributed by atoms with van der Waals surface area (Å²) in [6, 6.07) is 5.45. The molecule has 2 rings (SSSR count). The SMILES string of the molecule is CNC(c1ccc(F)c(OC)c1)C1CCC1. The zero-order valence-electron chi connectivity index (χ0n) is 9.79. The zero-order valence-corrected chi connectivity index (χ0v) is 9.79. The van der Waals surface area contributed by atoms with Gasteiger partial charge in [-0.2, -0.15) is 0 Å². The summed E-state index contributed by atoms with van der Waals surface area (Å²) >= 11 is 0. The fourth-order valence-electron chi connectivity index (χ4n) is 2.32. The number of halogens is 1. The number of ether oxygens (including phenoxy) is 1. The van der Waals surface area contributed by atoms with Crippen molar-refractivity contribution in [1.29, 1.82) is 0 Å². The fourth-order valence-corrected chi connectivity index (χ4v) is 2.32. The Morgan fingerprint density at radius 2 is 2.19 bits per heavy atom. The van der Waals surface area contributed by atoms with Gasteiger partial charge in [0, 0.05) is 6.04 Å². The van der Waals surface area contributed by atoms with Crippen molar-refractivity contribution >= 4 is 0 Å². The Morgan fingerprint density at radius 3 is 2.69 bits per heavy atom. The number of methoxy groups -OCH3 is 1. The predicted octanol–water partition coefficient (Wildman–Crippen LogP) is 2.89. The lowest BCUT2D eigenvalue weighted by Crippen LogP contribution is -2.29. The van der Waals surface area contributed by atoms with E-state index < -0.39 is 0 Å². The molecule has 1 N–H and O–H groups in total. The van der Waals surface area contributed by atoms with Crippen LogP contribution in [0.15, 0.2) is 18.2 Å². The van der Waals surface area contributed by atoms with E-state index in [1.54, 1.807) is 6.07 Å². The van der Waals surface area contributed by atoms with Crippen LogP contribution in [0.3, 0.4) is 0 Å². The summed E-state index contributed by atoms with van der Waals surface area (Å²) in [5, 5.41) is 3.31. The molecule has 0 saturated heterocycles. The lowest BCUT2D eigenvalue weighted by Gasteiger charge is -2.34. The van der Waals surface area contributed by atoms with Crippen molar-refractivity contribution in [3.05, 3.63) is 29.6 Å². The average Bonchev–Trinajstić information content (AvgIpc) is 2.24. The van der Waals surface area contributed by atoms with E-state index in [2.05, 4.69) is 5.32 Å². The van der Waals surface area contributed by atoms with Crippen LogP contribution >= 0.6 is 0 Å². The molecule has 0 bridgehead atoms. The van der Waals surface area contributed by atoms with E-state index in [9.17, 15) is 4.39 Å². The van der Waals surface area contributed by atoms with Gasteiger partial charge < -0.3 is 10.1 Å². The molecule has 3 heteroatoms. The smallest absolute Gasteiger partial charge is 0.165 e. The number of benzene rings is 1. The van der Waals surface area contributed by atoms with Crippen LogP contribution in [-0.2, 0) is 0 Å². The topological polar surface area (TPSA) is 21.3 Å². The average molecular weight is 223 g/mol. The zero-order chi connectivity index (χ0) is 11.5. The van der Waals surface area contributed by atoms with Crippen LogP contribution in [0.2, 0.25) is 0 Å². The van der Waals surface area contributed by atoms with E-state index in [0.29, 0.717) is 17.7 Å². The van der Waals surface area contributed by atoms with Crippen molar-refractivity contribution in [3.8, 4) is 5.75 Å². The Labute approximate surface area is 95.8 Å². The van der Waals surface area contributed by atoms with Gasteiger partial charge in [-0.25, -0.2) is 4.39 Å². The van der Waals surface area contributed by atoms with Crippen LogP contribution in [0, 0.1) is 11.7 Å². The fraction of sp³-hybridized carbons (Fsp3) is 0.538. The summed E-state index contributed by atoms with van der Waals surface area (Å²) in [4.78, 5) is 0. The summed E-state index contributed by atoms with van der Waals surface area (Å²) in [5.41, 5.74) is 1.12. The van der Waals surface area contributed by atoms with Gasteiger partial charge in [0.15, 0.2) is 11.6 Å². The molecule has 1 aliphatic rings. The standard InChI is InChI=1S/C13H18FNO/c1-15-13(9-4-3-5-9)10-6-7-11(14)12(8-10)16-2/h6-9,13,15H,3-5H2,1-2H3. The molecule has 16 heavy (non-hydrogen) atoms. The molecule has 0 spiro atoms. The predicted molar refractivity (Wildman–Crippen MR) is 62.1 cm³/mol. The highest BCUT2D eigenvalue weighted by atomic mass is 19.1. The maximum Gasteiger partial charge on any atom is 0.165 e. The number of rotatable bonds is 4. The van der Waals surface area contributed by atoms with Crippen LogP contribution in [0.5, 0.6) is 5.75 Å². The first-order chi connectivity index (χ1) is 7.76. The highest BCUT2D eigenvalue weighted by molar-refractivity contribution is 5.32. The van der Waals surface area contributed by atoms with Crippen LogP contribution < -0.4 is 10.1 Å². The molecule has 0 radical (unpaired) electrons. The molecular formula is C13H18FNO. The number of hydrogen-bond donors (Lipinski definition) is 1. The minimum atomic E-state index is -0.297. The van der Waals surface area contributed by atoms with Crippen LogP contribution in [0.25, 0.3) is 0 Å². The Balaban J connectivity index is 2.23. The molecule has 88 valence electrons. The lowest BCUT2D eigenvalue weighted by atomic mass is 9.77. The number of nitrogens with one attached hydrogen (secondary N) is 1. The van der Waals surface area contributed by atoms with Gasteiger partial charge in [-0.05, 0) is 43.5 Å². The molecule has 0 aliphatic heterocycles. The first-order valence-corrected chi connectivity index (χ1v) is 5.77. The lowest BCUT2D eigenvalue weighted by molar-refractivity contribution is 0.239. The van der Waals surface area contributed by atoms with Gasteiger partial charge in [0.1, 0.15) is 0 Å².